The average Bonchev–Trinajstić information content (AvgIpc) is 3.34. The first kappa shape index (κ1) is 23.6. The van der Waals surface area contributed by atoms with Crippen LogP contribution in [-0.2, 0) is 17.9 Å². The molecule has 0 bridgehead atoms. The summed E-state index contributed by atoms with van der Waals surface area (Å²) in [6.45, 7) is -0.112. The Balaban J connectivity index is 1.51. The summed E-state index contributed by atoms with van der Waals surface area (Å²) < 4.78 is 15.6. The van der Waals surface area contributed by atoms with Crippen molar-refractivity contribution in [1.29, 1.82) is 0 Å². The number of unbranched alkanes of at least 4 members (excludes halogenated alkanes) is 1. The molecule has 1 saturated carbocycles. The molecule has 7 nitrogen and oxygen atoms in total. The second-order valence-corrected chi connectivity index (χ2v) is 8.78. The number of halogens is 1. The van der Waals surface area contributed by atoms with Gasteiger partial charge < -0.3 is 5.32 Å². The summed E-state index contributed by atoms with van der Waals surface area (Å²) in [7, 11) is 0. The van der Waals surface area contributed by atoms with Crippen molar-refractivity contribution in [2.75, 3.05) is 0 Å². The second-order valence-electron chi connectivity index (χ2n) is 8.78. The monoisotopic (exact) mass is 465 g/mol. The number of benzene rings is 2. The van der Waals surface area contributed by atoms with E-state index in [-0.39, 0.29) is 36.4 Å². The molecule has 2 aromatic carbocycles. The van der Waals surface area contributed by atoms with Gasteiger partial charge in [0.1, 0.15) is 5.82 Å². The largest absolute Gasteiger partial charge is 0.353 e. The lowest BCUT2D eigenvalue weighted by Gasteiger charge is -2.14. The van der Waals surface area contributed by atoms with Gasteiger partial charge in [-0.1, -0.05) is 25.0 Å². The van der Waals surface area contributed by atoms with Gasteiger partial charge in [0, 0.05) is 24.6 Å². The zero-order valence-corrected chi connectivity index (χ0v) is 19.0. The van der Waals surface area contributed by atoms with Gasteiger partial charge in [0.05, 0.1) is 17.4 Å². The molecule has 0 spiro atoms. The number of aromatic nitrogens is 2. The van der Waals surface area contributed by atoms with Crippen LogP contribution >= 0.6 is 0 Å². The lowest BCUT2D eigenvalue weighted by Crippen LogP contribution is -2.41. The van der Waals surface area contributed by atoms with Crippen molar-refractivity contribution in [1.82, 2.24) is 14.5 Å². The van der Waals surface area contributed by atoms with Gasteiger partial charge in [-0.05, 0) is 62.1 Å². The van der Waals surface area contributed by atoms with Crippen molar-refractivity contribution in [2.24, 2.45) is 0 Å². The van der Waals surface area contributed by atoms with E-state index in [9.17, 15) is 23.6 Å². The number of carbonyl (C=O) groups excluding carboxylic acids is 2. The van der Waals surface area contributed by atoms with Gasteiger partial charge in [0.25, 0.3) is 5.56 Å². The van der Waals surface area contributed by atoms with E-state index in [2.05, 4.69) is 5.32 Å². The summed E-state index contributed by atoms with van der Waals surface area (Å²) in [6, 6.07) is 12.1. The number of Topliss-reactive ketones (excluding diaryl/α,β-unsaturated/α-hetero) is 1. The third kappa shape index (κ3) is 5.32. The third-order valence-corrected chi connectivity index (χ3v) is 6.36. The molecule has 0 radical (unpaired) electrons. The summed E-state index contributed by atoms with van der Waals surface area (Å²) in [4.78, 5) is 51.1. The topological polar surface area (TPSA) is 90.2 Å². The molecule has 34 heavy (non-hydrogen) atoms. The molecule has 8 heteroatoms. The van der Waals surface area contributed by atoms with Gasteiger partial charge in [-0.25, -0.2) is 9.18 Å². The minimum absolute atomic E-state index is 0.0000592. The van der Waals surface area contributed by atoms with Crippen molar-refractivity contribution in [3.8, 4) is 0 Å². The molecule has 1 fully saturated rings. The van der Waals surface area contributed by atoms with Gasteiger partial charge in [-0.2, -0.15) is 0 Å². The van der Waals surface area contributed by atoms with Crippen LogP contribution in [0, 0.1) is 5.82 Å². The van der Waals surface area contributed by atoms with Gasteiger partial charge in [-0.15, -0.1) is 0 Å². The molecule has 1 aliphatic rings. The maximum Gasteiger partial charge on any atom is 0.331 e. The fraction of sp³-hybridized carbons (Fsp3) is 0.385. The van der Waals surface area contributed by atoms with Crippen LogP contribution in [-0.4, -0.2) is 26.9 Å². The summed E-state index contributed by atoms with van der Waals surface area (Å²) in [5, 5.41) is 3.38. The molecule has 3 aromatic rings. The Morgan fingerprint density at radius 2 is 1.65 bits per heavy atom. The van der Waals surface area contributed by atoms with Gasteiger partial charge >= 0.3 is 5.69 Å². The summed E-state index contributed by atoms with van der Waals surface area (Å²) in [5.74, 6) is -0.814. The van der Waals surface area contributed by atoms with Crippen molar-refractivity contribution in [2.45, 2.75) is 64.1 Å². The smallest absolute Gasteiger partial charge is 0.331 e. The van der Waals surface area contributed by atoms with Crippen LogP contribution in [0.3, 0.4) is 0 Å². The maximum absolute atomic E-state index is 13.2. The molecular weight excluding hydrogens is 437 g/mol. The Hall–Kier alpha value is -3.55. The first-order valence-electron chi connectivity index (χ1n) is 11.7. The van der Waals surface area contributed by atoms with Gasteiger partial charge in [-0.3, -0.25) is 23.5 Å². The first-order chi connectivity index (χ1) is 16.4. The number of carbonyl (C=O) groups is 2. The van der Waals surface area contributed by atoms with Crippen molar-refractivity contribution < 1.29 is 14.0 Å². The summed E-state index contributed by atoms with van der Waals surface area (Å²) in [5.41, 5.74) is -0.334. The van der Waals surface area contributed by atoms with Gasteiger partial charge in [0.2, 0.25) is 5.91 Å². The number of nitrogens with zero attached hydrogens (tertiary/aromatic N) is 2. The van der Waals surface area contributed by atoms with E-state index in [0.29, 0.717) is 30.2 Å². The number of fused-ring (bicyclic) bond motifs is 1. The molecule has 4 rings (SSSR count). The van der Waals surface area contributed by atoms with Crippen molar-refractivity contribution in [3.63, 3.8) is 0 Å². The standard InChI is InChI=1S/C26H28FN3O4/c27-19-14-12-18(13-15-19)23(31)17-30-22-10-4-3-9-21(22)25(33)29(26(30)34)16-6-5-11-24(32)28-20-7-1-2-8-20/h3-4,9-10,12-15,20H,1-2,5-8,11,16-17H2,(H,28,32). The Morgan fingerprint density at radius 3 is 2.38 bits per heavy atom. The molecule has 0 aliphatic heterocycles. The van der Waals surface area contributed by atoms with E-state index < -0.39 is 17.1 Å². The van der Waals surface area contributed by atoms with Crippen molar-refractivity contribution in [3.05, 3.63) is 80.7 Å². The Bertz CT molecular complexity index is 1300. The zero-order valence-electron chi connectivity index (χ0n) is 19.0. The average molecular weight is 466 g/mol. The Morgan fingerprint density at radius 1 is 0.941 bits per heavy atom. The molecule has 0 atom stereocenters. The number of ketones is 1. The molecule has 1 aliphatic carbocycles. The number of amides is 1. The van der Waals surface area contributed by atoms with Gasteiger partial charge in [0.15, 0.2) is 5.78 Å². The number of hydrogen-bond donors (Lipinski definition) is 1. The second kappa shape index (κ2) is 10.6. The summed E-state index contributed by atoms with van der Waals surface area (Å²) in [6.07, 6.45) is 5.71. The Kier molecular flexibility index (Phi) is 7.35. The van der Waals surface area contributed by atoms with E-state index in [0.717, 1.165) is 30.3 Å². The molecular formula is C26H28FN3O4. The van der Waals surface area contributed by atoms with Crippen molar-refractivity contribution >= 4 is 22.6 Å². The fourth-order valence-electron chi connectivity index (χ4n) is 4.52. The van der Waals surface area contributed by atoms with Crippen LogP contribution in [0.2, 0.25) is 0 Å². The molecule has 1 amide bonds. The predicted octanol–water partition coefficient (Wildman–Crippen LogP) is 3.41. The number of nitrogens with one attached hydrogen (secondary N) is 1. The normalized spacial score (nSPS) is 13.9. The SMILES string of the molecule is O=C(CCCCn1c(=O)c2ccccc2n(CC(=O)c2ccc(F)cc2)c1=O)NC1CCCC1. The molecule has 178 valence electrons. The van der Waals surface area contributed by atoms with Crippen LogP contribution in [0.4, 0.5) is 4.39 Å². The molecule has 0 saturated heterocycles. The zero-order chi connectivity index (χ0) is 24.1. The summed E-state index contributed by atoms with van der Waals surface area (Å²) >= 11 is 0. The lowest BCUT2D eigenvalue weighted by atomic mass is 10.1. The molecule has 0 unspecified atom stereocenters. The van der Waals surface area contributed by atoms with Crippen LogP contribution < -0.4 is 16.6 Å². The molecule has 1 aromatic heterocycles. The lowest BCUT2D eigenvalue weighted by molar-refractivity contribution is -0.121. The maximum atomic E-state index is 13.2. The van der Waals surface area contributed by atoms with Crippen LogP contribution in [0.1, 0.15) is 55.3 Å². The minimum Gasteiger partial charge on any atom is -0.353 e. The van der Waals surface area contributed by atoms with Crippen LogP contribution in [0.25, 0.3) is 10.9 Å². The van der Waals surface area contributed by atoms with E-state index in [1.54, 1.807) is 24.3 Å². The highest BCUT2D eigenvalue weighted by Crippen LogP contribution is 2.18. The fourth-order valence-corrected chi connectivity index (χ4v) is 4.52. The molecule has 1 heterocycles. The van der Waals surface area contributed by atoms with Crippen LogP contribution in [0.5, 0.6) is 0 Å². The first-order valence-corrected chi connectivity index (χ1v) is 11.7. The number of para-hydroxylation sites is 1. The highest BCUT2D eigenvalue weighted by atomic mass is 19.1. The predicted molar refractivity (Wildman–Crippen MR) is 127 cm³/mol. The minimum atomic E-state index is -0.574. The van der Waals surface area contributed by atoms with E-state index in [1.165, 1.54) is 28.8 Å². The third-order valence-electron chi connectivity index (χ3n) is 6.36. The number of hydrogen-bond acceptors (Lipinski definition) is 4. The van der Waals surface area contributed by atoms with E-state index in [1.807, 2.05) is 0 Å². The quantitative estimate of drug-likeness (QED) is 0.387. The Labute approximate surface area is 196 Å². The highest BCUT2D eigenvalue weighted by molar-refractivity contribution is 5.96. The molecule has 1 N–H and O–H groups in total. The van der Waals surface area contributed by atoms with Crippen LogP contribution in [0.15, 0.2) is 58.1 Å². The number of rotatable bonds is 9. The van der Waals surface area contributed by atoms with E-state index in [4.69, 9.17) is 0 Å². The highest BCUT2D eigenvalue weighted by Gasteiger charge is 2.18. The van der Waals surface area contributed by atoms with E-state index >= 15 is 0 Å².